The van der Waals surface area contributed by atoms with E-state index in [4.69, 9.17) is 37.0 Å². The Hall–Kier alpha value is -1.94. The Labute approximate surface area is 556 Å². The summed E-state index contributed by atoms with van der Waals surface area (Å²) in [6.07, 6.45) is 44.4. The van der Waals surface area contributed by atoms with E-state index >= 15 is 0 Å². The zero-order valence-electron chi connectivity index (χ0n) is 59.5. The zero-order chi connectivity index (χ0) is 67.5. The zero-order valence-corrected chi connectivity index (χ0v) is 61.3. The molecule has 5 atom stereocenters. The van der Waals surface area contributed by atoms with Crippen molar-refractivity contribution in [2.75, 3.05) is 39.6 Å². The van der Waals surface area contributed by atoms with E-state index in [0.29, 0.717) is 25.7 Å². The van der Waals surface area contributed by atoms with E-state index in [1.807, 2.05) is 0 Å². The molecule has 540 valence electrons. The summed E-state index contributed by atoms with van der Waals surface area (Å²) in [5, 5.41) is 10.6. The fourth-order valence-corrected chi connectivity index (χ4v) is 12.4. The minimum absolute atomic E-state index is 0.105. The molecule has 0 aromatic rings. The second kappa shape index (κ2) is 61.6. The number of unbranched alkanes of at least 4 members (excludes halogenated alkanes) is 35. The maximum atomic E-state index is 13.0. The lowest BCUT2D eigenvalue weighted by molar-refractivity contribution is -0.161. The SMILES string of the molecule is CC(C)CCCCCCCCCCCCCC(=O)O[C@H](COC(=O)CCCCCCCCCCCC(C)C)COP(=O)(O)OCC(O)COP(=O)(O)OC[C@@H](COC(=O)CCCCCCCCCCC(C)C)OC(=O)CCCCCCCCCCCCCC(C)C. The van der Waals surface area contributed by atoms with Gasteiger partial charge in [-0.3, -0.25) is 37.3 Å². The predicted octanol–water partition coefficient (Wildman–Crippen LogP) is 20.5. The van der Waals surface area contributed by atoms with Gasteiger partial charge in [0.25, 0.3) is 0 Å². The maximum Gasteiger partial charge on any atom is 0.472 e. The first-order valence-corrected chi connectivity index (χ1v) is 40.2. The first kappa shape index (κ1) is 89.1. The molecule has 17 nitrogen and oxygen atoms in total. The number of aliphatic hydroxyl groups excluding tert-OH is 1. The second-order valence-electron chi connectivity index (χ2n) is 27.9. The lowest BCUT2D eigenvalue weighted by Gasteiger charge is -2.21. The summed E-state index contributed by atoms with van der Waals surface area (Å²) in [6, 6.07) is 0. The van der Waals surface area contributed by atoms with Crippen molar-refractivity contribution in [3.8, 4) is 0 Å². The van der Waals surface area contributed by atoms with Gasteiger partial charge in [-0.2, -0.15) is 0 Å². The topological polar surface area (TPSA) is 237 Å². The van der Waals surface area contributed by atoms with Crippen LogP contribution in [0.15, 0.2) is 0 Å². The monoisotopic (exact) mass is 1340 g/mol. The van der Waals surface area contributed by atoms with Crippen molar-refractivity contribution in [2.24, 2.45) is 23.7 Å². The van der Waals surface area contributed by atoms with E-state index in [0.717, 1.165) is 114 Å². The van der Waals surface area contributed by atoms with Crippen LogP contribution in [0.5, 0.6) is 0 Å². The van der Waals surface area contributed by atoms with Crippen LogP contribution in [0.1, 0.15) is 357 Å². The number of hydrogen-bond donors (Lipinski definition) is 3. The summed E-state index contributed by atoms with van der Waals surface area (Å²) >= 11 is 0. The van der Waals surface area contributed by atoms with Crippen LogP contribution in [0.2, 0.25) is 0 Å². The predicted molar refractivity (Wildman–Crippen MR) is 367 cm³/mol. The Kier molecular flexibility index (Phi) is 60.3. The molecular weight excluding hydrogens is 1200 g/mol. The number of carbonyl (C=O) groups is 4. The Balaban J connectivity index is 5.27. The third kappa shape index (κ3) is 66.5. The number of phosphoric acid groups is 2. The molecule has 0 spiro atoms. The van der Waals surface area contributed by atoms with Crippen LogP contribution < -0.4 is 0 Å². The van der Waals surface area contributed by atoms with E-state index in [1.165, 1.54) is 161 Å². The molecule has 3 unspecified atom stereocenters. The number of rotatable bonds is 69. The highest BCUT2D eigenvalue weighted by molar-refractivity contribution is 7.47. The Morgan fingerprint density at radius 2 is 0.462 bits per heavy atom. The highest BCUT2D eigenvalue weighted by Crippen LogP contribution is 2.45. The molecule has 0 heterocycles. The lowest BCUT2D eigenvalue weighted by Crippen LogP contribution is -2.30. The molecule has 0 aromatic carbocycles. The van der Waals surface area contributed by atoms with Gasteiger partial charge in [-0.1, -0.05) is 306 Å². The highest BCUT2D eigenvalue weighted by Gasteiger charge is 2.30. The quantitative estimate of drug-likeness (QED) is 0.0222. The molecule has 0 aromatic heterocycles. The van der Waals surface area contributed by atoms with Gasteiger partial charge in [0.1, 0.15) is 19.3 Å². The molecule has 0 aliphatic heterocycles. The minimum atomic E-state index is -4.95. The van der Waals surface area contributed by atoms with E-state index in [-0.39, 0.29) is 25.7 Å². The summed E-state index contributed by atoms with van der Waals surface area (Å²) in [4.78, 5) is 72.7. The second-order valence-corrected chi connectivity index (χ2v) is 30.8. The van der Waals surface area contributed by atoms with Crippen molar-refractivity contribution in [3.63, 3.8) is 0 Å². The first-order valence-electron chi connectivity index (χ1n) is 37.2. The summed E-state index contributed by atoms with van der Waals surface area (Å²) in [6.45, 7) is 14.1. The summed E-state index contributed by atoms with van der Waals surface area (Å²) < 4.78 is 68.4. The van der Waals surface area contributed by atoms with Gasteiger partial charge in [-0.15, -0.1) is 0 Å². The van der Waals surface area contributed by atoms with E-state index < -0.39 is 97.5 Å². The largest absolute Gasteiger partial charge is 0.472 e. The molecule has 0 aliphatic carbocycles. The summed E-state index contributed by atoms with van der Waals surface area (Å²) in [5.74, 6) is 0.874. The average molecular weight is 1340 g/mol. The van der Waals surface area contributed by atoms with Crippen molar-refractivity contribution in [3.05, 3.63) is 0 Å². The van der Waals surface area contributed by atoms with Crippen molar-refractivity contribution in [2.45, 2.75) is 375 Å². The fourth-order valence-electron chi connectivity index (χ4n) is 10.8. The number of hydrogen-bond acceptors (Lipinski definition) is 15. The van der Waals surface area contributed by atoms with Gasteiger partial charge in [-0.25, -0.2) is 9.13 Å². The first-order chi connectivity index (χ1) is 43.6. The van der Waals surface area contributed by atoms with Gasteiger partial charge in [-0.05, 0) is 49.4 Å². The van der Waals surface area contributed by atoms with Crippen LogP contribution in [-0.2, 0) is 65.4 Å². The Bertz CT molecular complexity index is 1800. The van der Waals surface area contributed by atoms with Crippen LogP contribution in [-0.4, -0.2) is 96.7 Å². The highest BCUT2D eigenvalue weighted by atomic mass is 31.2. The molecule has 3 N–H and O–H groups in total. The number of ether oxygens (including phenoxy) is 4. The summed E-state index contributed by atoms with van der Waals surface area (Å²) in [5.41, 5.74) is 0. The number of carbonyl (C=O) groups excluding carboxylic acids is 4. The normalized spacial score (nSPS) is 14.2. The molecule has 0 bridgehead atoms. The lowest BCUT2D eigenvalue weighted by atomic mass is 10.0. The van der Waals surface area contributed by atoms with Gasteiger partial charge in [0.05, 0.1) is 26.4 Å². The molecule has 19 heteroatoms. The molecule has 0 saturated carbocycles. The smallest absolute Gasteiger partial charge is 0.462 e. The average Bonchev–Trinajstić information content (AvgIpc) is 3.69. The minimum Gasteiger partial charge on any atom is -0.462 e. The van der Waals surface area contributed by atoms with Gasteiger partial charge in [0.2, 0.25) is 0 Å². The third-order valence-electron chi connectivity index (χ3n) is 16.6. The molecule has 91 heavy (non-hydrogen) atoms. The number of esters is 4. The van der Waals surface area contributed by atoms with Gasteiger partial charge in [0.15, 0.2) is 12.2 Å². The fraction of sp³-hybridized carbons (Fsp3) is 0.944. The van der Waals surface area contributed by atoms with Crippen LogP contribution in [0, 0.1) is 23.7 Å². The van der Waals surface area contributed by atoms with E-state index in [2.05, 4.69) is 55.4 Å². The maximum absolute atomic E-state index is 13.0. The van der Waals surface area contributed by atoms with Crippen LogP contribution in [0.25, 0.3) is 0 Å². The Morgan fingerprint density at radius 1 is 0.275 bits per heavy atom. The molecule has 0 rings (SSSR count). The molecule has 0 saturated heterocycles. The van der Waals surface area contributed by atoms with E-state index in [9.17, 15) is 43.2 Å². The molecule has 0 aliphatic rings. The molecular formula is C72H140O17P2. The van der Waals surface area contributed by atoms with Gasteiger partial charge >= 0.3 is 39.5 Å². The number of aliphatic hydroxyl groups is 1. The van der Waals surface area contributed by atoms with Crippen molar-refractivity contribution in [1.29, 1.82) is 0 Å². The molecule has 0 radical (unpaired) electrons. The van der Waals surface area contributed by atoms with Crippen molar-refractivity contribution < 1.29 is 80.2 Å². The molecule has 0 fully saturated rings. The van der Waals surface area contributed by atoms with Crippen molar-refractivity contribution >= 4 is 39.5 Å². The van der Waals surface area contributed by atoms with Crippen LogP contribution in [0.3, 0.4) is 0 Å². The van der Waals surface area contributed by atoms with Crippen LogP contribution >= 0.6 is 15.6 Å². The van der Waals surface area contributed by atoms with Crippen LogP contribution in [0.4, 0.5) is 0 Å². The van der Waals surface area contributed by atoms with Crippen molar-refractivity contribution in [1.82, 2.24) is 0 Å². The molecule has 0 amide bonds. The number of phosphoric ester groups is 2. The summed E-state index contributed by atoms with van der Waals surface area (Å²) in [7, 11) is -9.91. The van der Waals surface area contributed by atoms with Gasteiger partial charge < -0.3 is 33.8 Å². The standard InChI is InChI=1S/C72H140O17P2/c1-62(2)48-40-32-24-16-11-9-13-19-30-38-46-54-71(76)88-67(58-82-69(74)52-44-36-28-21-15-18-26-34-42-50-64(5)6)60-86-90(78,79)84-56-66(73)57-85-91(80,81)87-61-68(59-83-70(75)53-45-37-29-23-22-27-35-43-51-65(7)8)89-72(77)55-47-39-31-20-14-10-12-17-25-33-41-49-63(3)4/h62-68,73H,9-61H2,1-8H3,(H,78,79)(H,80,81)/t66?,67-,68-/m1/s1. The van der Waals surface area contributed by atoms with E-state index in [1.54, 1.807) is 0 Å². The van der Waals surface area contributed by atoms with Gasteiger partial charge in [0, 0.05) is 25.7 Å². The third-order valence-corrected chi connectivity index (χ3v) is 18.5. The Morgan fingerprint density at radius 3 is 0.681 bits per heavy atom.